The number of rotatable bonds is 7. The molecule has 1 aromatic carbocycles. The second-order valence-corrected chi connectivity index (χ2v) is 7.86. The average molecular weight is 396 g/mol. The van der Waals surface area contributed by atoms with E-state index in [-0.39, 0.29) is 24.3 Å². The number of aliphatic carboxylic acids is 1. The molecule has 0 aliphatic heterocycles. The van der Waals surface area contributed by atoms with Gasteiger partial charge in [-0.05, 0) is 36.4 Å². The Morgan fingerprint density at radius 1 is 1.25 bits per heavy atom. The molecule has 8 heteroatoms. The first-order valence-corrected chi connectivity index (χ1v) is 10.0. The van der Waals surface area contributed by atoms with Gasteiger partial charge in [-0.15, -0.1) is 16.4 Å². The third kappa shape index (κ3) is 3.68. The first kappa shape index (κ1) is 18.4. The fourth-order valence-electron chi connectivity index (χ4n) is 3.00. The molecule has 7 nitrogen and oxygen atoms in total. The molecule has 0 radical (unpaired) electrons. The van der Waals surface area contributed by atoms with Crippen molar-refractivity contribution in [3.63, 3.8) is 0 Å². The van der Waals surface area contributed by atoms with Gasteiger partial charge < -0.3 is 10.0 Å². The van der Waals surface area contributed by atoms with Crippen molar-refractivity contribution in [3.05, 3.63) is 53.7 Å². The zero-order chi connectivity index (χ0) is 19.7. The number of carboxylic acids is 1. The van der Waals surface area contributed by atoms with E-state index in [1.54, 1.807) is 16.5 Å². The topological polar surface area (TPSA) is 88.3 Å². The van der Waals surface area contributed by atoms with Crippen LogP contribution in [0.25, 0.3) is 16.4 Å². The van der Waals surface area contributed by atoms with Gasteiger partial charge in [0, 0.05) is 12.6 Å². The summed E-state index contributed by atoms with van der Waals surface area (Å²) in [6.07, 6.45) is 1.77. The fraction of sp³-hybridized carbons (Fsp3) is 0.300. The highest BCUT2D eigenvalue weighted by Gasteiger charge is 2.37. The Bertz CT molecular complexity index is 980. The highest BCUT2D eigenvalue weighted by atomic mass is 32.1. The Morgan fingerprint density at radius 2 is 2.00 bits per heavy atom. The average Bonchev–Trinajstić information content (AvgIpc) is 3.21. The maximum absolute atomic E-state index is 13.1. The van der Waals surface area contributed by atoms with Gasteiger partial charge in [0.25, 0.3) is 5.91 Å². The van der Waals surface area contributed by atoms with Crippen molar-refractivity contribution in [2.24, 2.45) is 5.92 Å². The zero-order valence-electron chi connectivity index (χ0n) is 15.4. The van der Waals surface area contributed by atoms with Gasteiger partial charge in [0.05, 0.1) is 16.5 Å². The standard InChI is InChI=1S/C20H20N4O3S/c1-13(20(26)27)12-23(14-9-10-14)19(25)17-21-18(16-8-5-11-28-16)24(22-17)15-6-3-2-4-7-15/h2-8,11,13-14H,9-10,12H2,1H3,(H,26,27). The summed E-state index contributed by atoms with van der Waals surface area (Å²) in [5, 5.41) is 15.7. The molecule has 4 rings (SSSR count). The zero-order valence-corrected chi connectivity index (χ0v) is 16.2. The van der Waals surface area contributed by atoms with Crippen LogP contribution in [0.1, 0.15) is 30.4 Å². The summed E-state index contributed by atoms with van der Waals surface area (Å²) in [6, 6.07) is 13.5. The number of amides is 1. The SMILES string of the molecule is CC(CN(C(=O)c1nc(-c2cccs2)n(-c2ccccc2)n1)C1CC1)C(=O)O. The Balaban J connectivity index is 1.71. The van der Waals surface area contributed by atoms with Gasteiger partial charge in [-0.2, -0.15) is 0 Å². The highest BCUT2D eigenvalue weighted by Crippen LogP contribution is 2.30. The van der Waals surface area contributed by atoms with Gasteiger partial charge in [-0.25, -0.2) is 9.67 Å². The van der Waals surface area contributed by atoms with Gasteiger partial charge in [0.15, 0.2) is 5.82 Å². The van der Waals surface area contributed by atoms with E-state index in [9.17, 15) is 14.7 Å². The number of aromatic nitrogens is 3. The number of para-hydroxylation sites is 1. The van der Waals surface area contributed by atoms with Crippen LogP contribution in [0.15, 0.2) is 47.8 Å². The fourth-order valence-corrected chi connectivity index (χ4v) is 3.70. The minimum Gasteiger partial charge on any atom is -0.481 e. The van der Waals surface area contributed by atoms with Crippen molar-refractivity contribution >= 4 is 23.2 Å². The largest absolute Gasteiger partial charge is 0.481 e. The van der Waals surface area contributed by atoms with Gasteiger partial charge >= 0.3 is 5.97 Å². The van der Waals surface area contributed by atoms with Crippen LogP contribution in [0.5, 0.6) is 0 Å². The van der Waals surface area contributed by atoms with Crippen LogP contribution >= 0.6 is 11.3 Å². The monoisotopic (exact) mass is 396 g/mol. The van der Waals surface area contributed by atoms with E-state index in [0.29, 0.717) is 5.82 Å². The van der Waals surface area contributed by atoms with E-state index < -0.39 is 11.9 Å². The summed E-state index contributed by atoms with van der Waals surface area (Å²) in [5.41, 5.74) is 0.814. The number of carbonyl (C=O) groups is 2. The number of hydrogen-bond donors (Lipinski definition) is 1. The van der Waals surface area contributed by atoms with Crippen LogP contribution in [0.2, 0.25) is 0 Å². The summed E-state index contributed by atoms with van der Waals surface area (Å²) >= 11 is 1.53. The molecule has 1 aliphatic carbocycles. The van der Waals surface area contributed by atoms with E-state index in [1.165, 1.54) is 11.3 Å². The van der Waals surface area contributed by atoms with Crippen molar-refractivity contribution in [1.29, 1.82) is 0 Å². The van der Waals surface area contributed by atoms with Crippen LogP contribution < -0.4 is 0 Å². The van der Waals surface area contributed by atoms with Crippen LogP contribution in [0.3, 0.4) is 0 Å². The first-order chi connectivity index (χ1) is 13.5. The van der Waals surface area contributed by atoms with Crippen LogP contribution in [-0.2, 0) is 4.79 Å². The Kier molecular flexibility index (Phi) is 4.95. The lowest BCUT2D eigenvalue weighted by molar-refractivity contribution is -0.141. The number of carboxylic acid groups (broad SMARTS) is 1. The second-order valence-electron chi connectivity index (χ2n) is 6.91. The lowest BCUT2D eigenvalue weighted by atomic mass is 10.1. The molecule has 1 unspecified atom stereocenters. The Labute approximate surface area is 166 Å². The molecule has 0 bridgehead atoms. The van der Waals surface area contributed by atoms with Gasteiger partial charge in [-0.1, -0.05) is 31.2 Å². The smallest absolute Gasteiger partial charge is 0.308 e. The van der Waals surface area contributed by atoms with Crippen LogP contribution in [-0.4, -0.2) is 49.2 Å². The molecular weight excluding hydrogens is 376 g/mol. The molecule has 2 aromatic heterocycles. The number of thiophene rings is 1. The highest BCUT2D eigenvalue weighted by molar-refractivity contribution is 7.13. The molecular formula is C20H20N4O3S. The van der Waals surface area contributed by atoms with Gasteiger partial charge in [0.1, 0.15) is 0 Å². The van der Waals surface area contributed by atoms with Crippen molar-refractivity contribution in [1.82, 2.24) is 19.7 Å². The second kappa shape index (κ2) is 7.55. The summed E-state index contributed by atoms with van der Waals surface area (Å²) in [5.74, 6) is -1.18. The van der Waals surface area contributed by atoms with Crippen molar-refractivity contribution in [2.45, 2.75) is 25.8 Å². The molecule has 1 saturated carbocycles. The molecule has 28 heavy (non-hydrogen) atoms. The molecule has 1 fully saturated rings. The molecule has 1 aliphatic rings. The van der Waals surface area contributed by atoms with Crippen molar-refractivity contribution in [2.75, 3.05) is 6.54 Å². The Morgan fingerprint density at radius 3 is 2.61 bits per heavy atom. The minimum atomic E-state index is -0.916. The van der Waals surface area contributed by atoms with Crippen molar-refractivity contribution in [3.8, 4) is 16.4 Å². The molecule has 3 aromatic rings. The molecule has 1 N–H and O–H groups in total. The lowest BCUT2D eigenvalue weighted by Crippen LogP contribution is -2.39. The molecule has 1 atom stereocenters. The molecule has 2 heterocycles. The van der Waals surface area contributed by atoms with Crippen molar-refractivity contribution < 1.29 is 14.7 Å². The van der Waals surface area contributed by atoms with E-state index in [2.05, 4.69) is 10.1 Å². The Hall–Kier alpha value is -3.00. The van der Waals surface area contributed by atoms with E-state index in [4.69, 9.17) is 0 Å². The van der Waals surface area contributed by atoms with Gasteiger partial charge in [0.2, 0.25) is 5.82 Å². The summed E-state index contributed by atoms with van der Waals surface area (Å²) in [4.78, 5) is 31.5. The van der Waals surface area contributed by atoms with E-state index in [0.717, 1.165) is 23.4 Å². The predicted molar refractivity (Wildman–Crippen MR) is 106 cm³/mol. The molecule has 0 spiro atoms. The first-order valence-electron chi connectivity index (χ1n) is 9.14. The third-order valence-corrected chi connectivity index (χ3v) is 5.55. The van der Waals surface area contributed by atoms with Gasteiger partial charge in [-0.3, -0.25) is 9.59 Å². The predicted octanol–water partition coefficient (Wildman–Crippen LogP) is 3.32. The quantitative estimate of drug-likeness (QED) is 0.662. The lowest BCUT2D eigenvalue weighted by Gasteiger charge is -2.22. The number of nitrogens with zero attached hydrogens (tertiary/aromatic N) is 4. The molecule has 1 amide bonds. The molecule has 144 valence electrons. The summed E-state index contributed by atoms with van der Waals surface area (Å²) < 4.78 is 1.67. The summed E-state index contributed by atoms with van der Waals surface area (Å²) in [7, 11) is 0. The molecule has 0 saturated heterocycles. The normalized spacial score (nSPS) is 14.6. The number of carbonyl (C=O) groups excluding carboxylic acids is 1. The number of hydrogen-bond acceptors (Lipinski definition) is 5. The minimum absolute atomic E-state index is 0.0724. The maximum atomic E-state index is 13.1. The van der Waals surface area contributed by atoms with E-state index in [1.807, 2.05) is 47.8 Å². The van der Waals surface area contributed by atoms with E-state index >= 15 is 0 Å². The number of benzene rings is 1. The van der Waals surface area contributed by atoms with Crippen LogP contribution in [0, 0.1) is 5.92 Å². The van der Waals surface area contributed by atoms with Crippen LogP contribution in [0.4, 0.5) is 0 Å². The third-order valence-electron chi connectivity index (χ3n) is 4.68. The summed E-state index contributed by atoms with van der Waals surface area (Å²) in [6.45, 7) is 1.77. The maximum Gasteiger partial charge on any atom is 0.308 e.